The largest absolute Gasteiger partial charge is 0.318 e. The van der Waals surface area contributed by atoms with Crippen LogP contribution in [0.5, 0.6) is 0 Å². The molecule has 0 spiro atoms. The van der Waals surface area contributed by atoms with Crippen molar-refractivity contribution < 1.29 is 0 Å². The summed E-state index contributed by atoms with van der Waals surface area (Å²) in [5.41, 5.74) is 23.2. The third kappa shape index (κ3) is 6.62. The highest BCUT2D eigenvalue weighted by atomic mass is 14.7. The van der Waals surface area contributed by atoms with Crippen molar-refractivity contribution in [2.75, 3.05) is 0 Å². The lowest BCUT2D eigenvalue weighted by molar-refractivity contribution is 0.588. The molecule has 0 atom stereocenters. The van der Waals surface area contributed by atoms with Crippen LogP contribution >= 0.6 is 0 Å². The van der Waals surface area contributed by atoms with E-state index < -0.39 is 11.1 Å². The zero-order chi connectivity index (χ0) is 28.6. The number of hydrogen-bond acceptors (Lipinski definition) is 2. The molecule has 0 aromatic heterocycles. The molecule has 0 fully saturated rings. The summed E-state index contributed by atoms with van der Waals surface area (Å²) in [4.78, 5) is 0. The number of rotatable bonds is 13. The number of nitrogens with two attached hydrogens (primary N) is 2. The molecule has 2 nitrogen and oxygen atoms in total. The van der Waals surface area contributed by atoms with Gasteiger partial charge in [-0.25, -0.2) is 0 Å². The van der Waals surface area contributed by atoms with Gasteiger partial charge in [0.05, 0.1) is 11.1 Å². The molecule has 0 amide bonds. The van der Waals surface area contributed by atoms with Gasteiger partial charge in [0.1, 0.15) is 14.6 Å². The second kappa shape index (κ2) is 13.5. The topological polar surface area (TPSA) is 52.0 Å². The third-order valence-electron chi connectivity index (χ3n) is 8.50. The minimum atomic E-state index is -0.525. The lowest BCUT2D eigenvalue weighted by Gasteiger charge is -2.34. The van der Waals surface area contributed by atoms with Crippen molar-refractivity contribution in [1.29, 1.82) is 0 Å². The monoisotopic (exact) mass is 526 g/mol. The fraction of sp³-hybridized carbons (Fsp3) is 0.333. The van der Waals surface area contributed by atoms with E-state index in [1.807, 2.05) is 0 Å². The molecule has 4 aromatic carbocycles. The van der Waals surface area contributed by atoms with Crippen LogP contribution in [0.4, 0.5) is 0 Å². The second-order valence-corrected chi connectivity index (χ2v) is 11.5. The van der Waals surface area contributed by atoms with E-state index in [-0.39, 0.29) is 0 Å². The van der Waals surface area contributed by atoms with Crippen molar-refractivity contribution in [3.05, 3.63) is 142 Å². The van der Waals surface area contributed by atoms with Crippen molar-refractivity contribution >= 4 is 14.6 Å². The van der Waals surface area contributed by atoms with Crippen LogP contribution in [0.1, 0.15) is 57.3 Å². The van der Waals surface area contributed by atoms with Crippen LogP contribution in [-0.2, 0) is 11.1 Å². The van der Waals surface area contributed by atoms with Gasteiger partial charge >= 0.3 is 0 Å². The van der Waals surface area contributed by atoms with Gasteiger partial charge in [-0.15, -0.1) is 0 Å². The van der Waals surface area contributed by atoms with Gasteiger partial charge in [0.25, 0.3) is 0 Å². The minimum Gasteiger partial charge on any atom is -0.318 e. The molecule has 0 heterocycles. The summed E-state index contributed by atoms with van der Waals surface area (Å²) >= 11 is 0. The summed E-state index contributed by atoms with van der Waals surface area (Å²) in [6.45, 7) is 8.65. The van der Waals surface area contributed by atoms with Crippen LogP contribution in [-0.4, -0.2) is 14.6 Å². The molecule has 2 radical (unpaired) electrons. The Morgan fingerprint density at radius 1 is 0.450 bits per heavy atom. The summed E-state index contributed by atoms with van der Waals surface area (Å²) in [5.74, 6) is 0. The number of unbranched alkanes of at least 4 members (excludes halogenated alkanes) is 1. The van der Waals surface area contributed by atoms with Crippen LogP contribution in [0.25, 0.3) is 0 Å². The molecule has 204 valence electrons. The molecule has 0 aliphatic rings. The van der Waals surface area contributed by atoms with Crippen LogP contribution in [0.3, 0.4) is 0 Å². The maximum atomic E-state index is 7.24. The average molecular weight is 526 g/mol. The zero-order valence-corrected chi connectivity index (χ0v) is 24.8. The van der Waals surface area contributed by atoms with E-state index in [1.165, 1.54) is 44.5 Å². The van der Waals surface area contributed by atoms with Gasteiger partial charge in [-0.3, -0.25) is 0 Å². The average Bonchev–Trinajstić information content (AvgIpc) is 2.95. The van der Waals surface area contributed by atoms with Crippen LogP contribution in [0.15, 0.2) is 97.1 Å². The van der Waals surface area contributed by atoms with E-state index in [1.54, 1.807) is 0 Å². The van der Waals surface area contributed by atoms with Crippen molar-refractivity contribution in [2.24, 2.45) is 11.5 Å². The standard InChI is InChI=1S/C36H44B2N2/c1-27-15-5-9-19-31(27)35(39,32-20-10-6-16-28(32)2)25-37-23-13-14-24-38-26-36(40,33-21-11-7-17-29(33)3)34-22-12-8-18-30(34)4/h5-12,15-22H,13-14,23-26,39-40H2,1-4H3. The molecular weight excluding hydrogens is 482 g/mol. The van der Waals surface area contributed by atoms with Crippen molar-refractivity contribution in [1.82, 2.24) is 0 Å². The number of hydrogen-bond donors (Lipinski definition) is 2. The van der Waals surface area contributed by atoms with Crippen LogP contribution in [0, 0.1) is 27.7 Å². The number of aryl methyl sites for hydroxylation is 4. The molecule has 0 aliphatic carbocycles. The van der Waals surface area contributed by atoms with Crippen molar-refractivity contribution in [3.63, 3.8) is 0 Å². The van der Waals surface area contributed by atoms with Crippen molar-refractivity contribution in [3.8, 4) is 0 Å². The molecule has 0 aliphatic heterocycles. The Hall–Kier alpha value is -3.07. The first-order chi connectivity index (χ1) is 19.3. The van der Waals surface area contributed by atoms with Gasteiger partial charge < -0.3 is 11.5 Å². The van der Waals surface area contributed by atoms with Gasteiger partial charge in [-0.05, 0) is 72.2 Å². The summed E-state index contributed by atoms with van der Waals surface area (Å²) in [5, 5.41) is 0. The molecule has 4 rings (SSSR count). The minimum absolute atomic E-state index is 0.525. The molecule has 0 saturated heterocycles. The van der Waals surface area contributed by atoms with Gasteiger partial charge in [-0.2, -0.15) is 0 Å². The van der Waals surface area contributed by atoms with E-state index in [4.69, 9.17) is 11.5 Å². The zero-order valence-electron chi connectivity index (χ0n) is 24.8. The second-order valence-electron chi connectivity index (χ2n) is 11.5. The van der Waals surface area contributed by atoms with Gasteiger partial charge in [-0.1, -0.05) is 135 Å². The Bertz CT molecular complexity index is 1200. The van der Waals surface area contributed by atoms with Crippen LogP contribution < -0.4 is 11.5 Å². The SMILES string of the molecule is Cc1ccccc1C(N)(C[B]CCCC[B]CC(N)(c1ccccc1C)c1ccccc1C)c1ccccc1C. The van der Waals surface area contributed by atoms with E-state index in [0.29, 0.717) is 0 Å². The van der Waals surface area contributed by atoms with Crippen LogP contribution in [0.2, 0.25) is 25.3 Å². The fourth-order valence-corrected chi connectivity index (χ4v) is 6.26. The normalized spacial score (nSPS) is 11.8. The van der Waals surface area contributed by atoms with Gasteiger partial charge in [0.15, 0.2) is 0 Å². The first-order valence-electron chi connectivity index (χ1n) is 14.7. The molecule has 4 aromatic rings. The Kier molecular flexibility index (Phi) is 10.1. The lowest BCUT2D eigenvalue weighted by atomic mass is 9.57. The molecule has 40 heavy (non-hydrogen) atoms. The predicted molar refractivity (Wildman–Crippen MR) is 175 cm³/mol. The molecule has 4 N–H and O–H groups in total. The maximum absolute atomic E-state index is 7.24. The summed E-state index contributed by atoms with van der Waals surface area (Å²) in [7, 11) is 4.79. The van der Waals surface area contributed by atoms with Gasteiger partial charge in [0.2, 0.25) is 0 Å². The van der Waals surface area contributed by atoms with E-state index in [2.05, 4.69) is 139 Å². The van der Waals surface area contributed by atoms with E-state index >= 15 is 0 Å². The van der Waals surface area contributed by atoms with E-state index in [0.717, 1.165) is 38.1 Å². The maximum Gasteiger partial charge on any atom is 0.112 e. The smallest absolute Gasteiger partial charge is 0.112 e. The highest BCUT2D eigenvalue weighted by Gasteiger charge is 2.33. The molecule has 4 heteroatoms. The quantitative estimate of drug-likeness (QED) is 0.138. The van der Waals surface area contributed by atoms with Crippen molar-refractivity contribution in [2.45, 2.75) is 76.9 Å². The summed E-state index contributed by atoms with van der Waals surface area (Å²) in [6, 6.07) is 34.2. The summed E-state index contributed by atoms with van der Waals surface area (Å²) < 4.78 is 0. The number of benzene rings is 4. The Balaban J connectivity index is 1.35. The van der Waals surface area contributed by atoms with Gasteiger partial charge in [0, 0.05) is 0 Å². The highest BCUT2D eigenvalue weighted by Crippen LogP contribution is 2.36. The molecule has 0 unspecified atom stereocenters. The molecular formula is C36H44B2N2. The Morgan fingerprint density at radius 3 is 0.950 bits per heavy atom. The predicted octanol–water partition coefficient (Wildman–Crippen LogP) is 7.89. The molecule has 0 bridgehead atoms. The Morgan fingerprint density at radius 2 is 0.700 bits per heavy atom. The fourth-order valence-electron chi connectivity index (χ4n) is 6.26. The highest BCUT2D eigenvalue weighted by molar-refractivity contribution is 6.36. The first-order valence-corrected chi connectivity index (χ1v) is 14.7. The lowest BCUT2D eigenvalue weighted by Crippen LogP contribution is -2.40. The molecule has 0 saturated carbocycles. The first kappa shape index (κ1) is 29.9. The summed E-state index contributed by atoms with van der Waals surface area (Å²) in [6.07, 6.45) is 6.01. The van der Waals surface area contributed by atoms with E-state index in [9.17, 15) is 0 Å². The third-order valence-corrected chi connectivity index (χ3v) is 8.50. The Labute approximate surface area is 244 Å².